The molecule has 5 nitrogen and oxygen atoms in total. The smallest absolute Gasteiger partial charge is 0.210 e. The van der Waals surface area contributed by atoms with Crippen molar-refractivity contribution in [2.75, 3.05) is 31.2 Å². The Kier molecular flexibility index (Phi) is 4.49. The molecule has 0 atom stereocenters. The molecule has 0 aromatic heterocycles. The third-order valence-corrected chi connectivity index (χ3v) is 3.63. The first kappa shape index (κ1) is 13.5. The lowest BCUT2D eigenvalue weighted by Gasteiger charge is -2.34. The van der Waals surface area contributed by atoms with Gasteiger partial charge in [0.25, 0.3) is 0 Å². The number of nitrogens with zero attached hydrogens (tertiary/aromatic N) is 1. The number of methoxy groups -OCH3 is 1. The summed E-state index contributed by atoms with van der Waals surface area (Å²) in [6.45, 7) is 1.39. The lowest BCUT2D eigenvalue weighted by atomic mass is 9.92. The molecule has 1 aliphatic carbocycles. The largest absolute Gasteiger partial charge is 0.497 e. The number of amides is 1. The molecule has 1 aliphatic rings. The predicted molar refractivity (Wildman–Crippen MR) is 76.3 cm³/mol. The van der Waals surface area contributed by atoms with E-state index in [2.05, 4.69) is 5.32 Å². The average molecular weight is 263 g/mol. The van der Waals surface area contributed by atoms with Gasteiger partial charge in [0.1, 0.15) is 5.75 Å². The highest BCUT2D eigenvalue weighted by molar-refractivity contribution is 5.68. The van der Waals surface area contributed by atoms with Gasteiger partial charge in [-0.25, -0.2) is 0 Å². The Labute approximate surface area is 113 Å². The first-order valence-electron chi connectivity index (χ1n) is 6.63. The molecule has 0 bridgehead atoms. The molecular formula is C14H21N3O2. The highest BCUT2D eigenvalue weighted by Crippen LogP contribution is 2.25. The van der Waals surface area contributed by atoms with E-state index in [1.807, 2.05) is 23.1 Å². The summed E-state index contributed by atoms with van der Waals surface area (Å²) >= 11 is 0. The molecule has 2 rings (SSSR count). The molecule has 1 aromatic rings. The Morgan fingerprint density at radius 3 is 2.89 bits per heavy atom. The minimum atomic E-state index is 0.432. The second kappa shape index (κ2) is 6.31. The predicted octanol–water partition coefficient (Wildman–Crippen LogP) is 1.70. The number of carbonyl (C=O) groups excluding carboxylic acids is 1. The van der Waals surface area contributed by atoms with Gasteiger partial charge < -0.3 is 20.7 Å². The van der Waals surface area contributed by atoms with E-state index in [1.54, 1.807) is 7.11 Å². The van der Waals surface area contributed by atoms with Crippen LogP contribution < -0.4 is 15.8 Å². The maximum Gasteiger partial charge on any atom is 0.210 e. The van der Waals surface area contributed by atoms with Gasteiger partial charge in [0.2, 0.25) is 6.41 Å². The molecule has 1 aromatic carbocycles. The highest BCUT2D eigenvalue weighted by atomic mass is 16.5. The van der Waals surface area contributed by atoms with Crippen LogP contribution in [0.15, 0.2) is 18.2 Å². The molecule has 1 saturated carbocycles. The van der Waals surface area contributed by atoms with Gasteiger partial charge in [-0.2, -0.15) is 0 Å². The van der Waals surface area contributed by atoms with Gasteiger partial charge in [-0.3, -0.25) is 4.79 Å². The van der Waals surface area contributed by atoms with Gasteiger partial charge in [0, 0.05) is 25.2 Å². The lowest BCUT2D eigenvalue weighted by molar-refractivity contribution is -0.121. The van der Waals surface area contributed by atoms with E-state index in [1.165, 1.54) is 6.42 Å². The van der Waals surface area contributed by atoms with E-state index < -0.39 is 0 Å². The average Bonchev–Trinajstić information content (AvgIpc) is 2.37. The van der Waals surface area contributed by atoms with Crippen LogP contribution in [0.25, 0.3) is 0 Å². The minimum absolute atomic E-state index is 0.432. The van der Waals surface area contributed by atoms with Gasteiger partial charge >= 0.3 is 0 Å². The molecule has 104 valence electrons. The SMILES string of the molecule is COc1ccc(N)c(NCCN(C=O)C2CCC2)c1. The van der Waals surface area contributed by atoms with Crippen LogP contribution in [0, 0.1) is 0 Å². The summed E-state index contributed by atoms with van der Waals surface area (Å²) in [7, 11) is 1.63. The third-order valence-electron chi connectivity index (χ3n) is 3.63. The van der Waals surface area contributed by atoms with Gasteiger partial charge in [-0.15, -0.1) is 0 Å². The summed E-state index contributed by atoms with van der Waals surface area (Å²) in [5.74, 6) is 0.767. The van der Waals surface area contributed by atoms with Crippen LogP contribution in [-0.2, 0) is 4.79 Å². The minimum Gasteiger partial charge on any atom is -0.497 e. The summed E-state index contributed by atoms with van der Waals surface area (Å²) < 4.78 is 5.16. The fraction of sp³-hybridized carbons (Fsp3) is 0.500. The zero-order valence-corrected chi connectivity index (χ0v) is 11.3. The fourth-order valence-corrected chi connectivity index (χ4v) is 2.17. The molecule has 1 fully saturated rings. The molecule has 3 N–H and O–H groups in total. The Balaban J connectivity index is 1.85. The van der Waals surface area contributed by atoms with Crippen LogP contribution in [0.2, 0.25) is 0 Å². The quantitative estimate of drug-likeness (QED) is 0.580. The molecule has 0 spiro atoms. The molecule has 0 saturated heterocycles. The molecule has 0 aliphatic heterocycles. The van der Waals surface area contributed by atoms with E-state index in [0.29, 0.717) is 24.8 Å². The molecule has 1 amide bonds. The second-order valence-electron chi connectivity index (χ2n) is 4.81. The number of rotatable bonds is 7. The highest BCUT2D eigenvalue weighted by Gasteiger charge is 2.23. The molecule has 0 unspecified atom stereocenters. The van der Waals surface area contributed by atoms with E-state index in [9.17, 15) is 4.79 Å². The first-order chi connectivity index (χ1) is 9.24. The Bertz CT molecular complexity index is 433. The van der Waals surface area contributed by atoms with Crippen molar-refractivity contribution in [3.05, 3.63) is 18.2 Å². The summed E-state index contributed by atoms with van der Waals surface area (Å²) in [6, 6.07) is 5.93. The van der Waals surface area contributed by atoms with Crippen molar-refractivity contribution >= 4 is 17.8 Å². The van der Waals surface area contributed by atoms with E-state index in [-0.39, 0.29) is 0 Å². The molecule has 5 heteroatoms. The van der Waals surface area contributed by atoms with Crippen LogP contribution in [0.5, 0.6) is 5.75 Å². The molecular weight excluding hydrogens is 242 g/mol. The normalized spacial score (nSPS) is 14.6. The number of ether oxygens (including phenoxy) is 1. The van der Waals surface area contributed by atoms with Gasteiger partial charge in [0.05, 0.1) is 18.5 Å². The van der Waals surface area contributed by atoms with Crippen LogP contribution >= 0.6 is 0 Å². The van der Waals surface area contributed by atoms with Crippen molar-refractivity contribution in [2.24, 2.45) is 0 Å². The lowest BCUT2D eigenvalue weighted by Crippen LogP contribution is -2.41. The number of nitrogens with one attached hydrogen (secondary N) is 1. The Morgan fingerprint density at radius 1 is 1.53 bits per heavy atom. The summed E-state index contributed by atoms with van der Waals surface area (Å²) in [5, 5.41) is 3.25. The number of benzene rings is 1. The third kappa shape index (κ3) is 3.30. The van der Waals surface area contributed by atoms with Crippen molar-refractivity contribution in [2.45, 2.75) is 25.3 Å². The van der Waals surface area contributed by atoms with Crippen molar-refractivity contribution in [1.29, 1.82) is 0 Å². The van der Waals surface area contributed by atoms with Gasteiger partial charge in [-0.1, -0.05) is 0 Å². The summed E-state index contributed by atoms with van der Waals surface area (Å²) in [5.41, 5.74) is 7.42. The molecule has 0 radical (unpaired) electrons. The number of hydrogen-bond donors (Lipinski definition) is 2. The zero-order chi connectivity index (χ0) is 13.7. The van der Waals surface area contributed by atoms with E-state index in [0.717, 1.165) is 30.7 Å². The van der Waals surface area contributed by atoms with Crippen molar-refractivity contribution in [1.82, 2.24) is 4.90 Å². The topological polar surface area (TPSA) is 67.6 Å². The monoisotopic (exact) mass is 263 g/mol. The first-order valence-corrected chi connectivity index (χ1v) is 6.63. The molecule has 19 heavy (non-hydrogen) atoms. The maximum absolute atomic E-state index is 11.0. The van der Waals surface area contributed by atoms with Crippen LogP contribution in [0.1, 0.15) is 19.3 Å². The van der Waals surface area contributed by atoms with E-state index in [4.69, 9.17) is 10.5 Å². The van der Waals surface area contributed by atoms with Crippen molar-refractivity contribution < 1.29 is 9.53 Å². The second-order valence-corrected chi connectivity index (χ2v) is 4.81. The number of hydrogen-bond acceptors (Lipinski definition) is 4. The number of nitrogen functional groups attached to an aromatic ring is 1. The van der Waals surface area contributed by atoms with Crippen molar-refractivity contribution in [3.8, 4) is 5.75 Å². The van der Waals surface area contributed by atoms with Gasteiger partial charge in [-0.05, 0) is 31.4 Å². The van der Waals surface area contributed by atoms with E-state index >= 15 is 0 Å². The standard InChI is InChI=1S/C14H21N3O2/c1-19-12-5-6-13(15)14(9-12)16-7-8-17(10-18)11-3-2-4-11/h5-6,9-11,16H,2-4,7-8,15H2,1H3. The Morgan fingerprint density at radius 2 is 2.32 bits per heavy atom. The summed E-state index contributed by atoms with van der Waals surface area (Å²) in [6.07, 6.45) is 4.42. The number of anilines is 2. The number of nitrogens with two attached hydrogens (primary N) is 1. The maximum atomic E-state index is 11.0. The van der Waals surface area contributed by atoms with Gasteiger partial charge in [0.15, 0.2) is 0 Å². The van der Waals surface area contributed by atoms with Crippen LogP contribution in [-0.4, -0.2) is 37.6 Å². The Hall–Kier alpha value is -1.91. The van der Waals surface area contributed by atoms with Crippen LogP contribution in [0.4, 0.5) is 11.4 Å². The van der Waals surface area contributed by atoms with Crippen LogP contribution in [0.3, 0.4) is 0 Å². The summed E-state index contributed by atoms with van der Waals surface area (Å²) in [4.78, 5) is 12.9. The van der Waals surface area contributed by atoms with Crippen molar-refractivity contribution in [3.63, 3.8) is 0 Å². The molecule has 0 heterocycles. The zero-order valence-electron chi connectivity index (χ0n) is 11.3. The number of carbonyl (C=O) groups is 1. The fourth-order valence-electron chi connectivity index (χ4n) is 2.17.